The van der Waals surface area contributed by atoms with Crippen molar-refractivity contribution in [1.82, 2.24) is 19.0 Å². The Hall–Kier alpha value is -4.51. The summed E-state index contributed by atoms with van der Waals surface area (Å²) in [4.78, 5) is 31.8. The lowest BCUT2D eigenvalue weighted by atomic mass is 10.2. The van der Waals surface area contributed by atoms with E-state index in [-0.39, 0.29) is 23.5 Å². The molecule has 0 saturated carbocycles. The van der Waals surface area contributed by atoms with Crippen molar-refractivity contribution in [1.29, 1.82) is 0 Å². The van der Waals surface area contributed by atoms with Gasteiger partial charge in [0.25, 0.3) is 5.91 Å². The number of pyridine rings is 1. The normalized spacial score (nSPS) is 15.2. The van der Waals surface area contributed by atoms with Crippen LogP contribution in [0.1, 0.15) is 19.4 Å². The maximum Gasteiger partial charge on any atom is 0.334 e. The number of aromatic nitrogens is 3. The summed E-state index contributed by atoms with van der Waals surface area (Å²) in [6.45, 7) is 2.59. The first kappa shape index (κ1) is 21.3. The number of hydrogen-bond acceptors (Lipinski definition) is 5. The first-order chi connectivity index (χ1) is 16.6. The zero-order valence-corrected chi connectivity index (χ0v) is 18.6. The molecule has 2 N–H and O–H groups in total. The second-order valence-electron chi connectivity index (χ2n) is 8.03. The van der Waals surface area contributed by atoms with E-state index in [0.717, 1.165) is 5.75 Å². The number of amides is 1. The number of para-hydroxylation sites is 1. The van der Waals surface area contributed by atoms with Gasteiger partial charge in [0.1, 0.15) is 22.8 Å². The third-order valence-electron chi connectivity index (χ3n) is 5.93. The van der Waals surface area contributed by atoms with Gasteiger partial charge in [-0.25, -0.2) is 9.78 Å². The fourth-order valence-corrected chi connectivity index (χ4v) is 4.39. The van der Waals surface area contributed by atoms with Gasteiger partial charge in [0.2, 0.25) is 0 Å². The van der Waals surface area contributed by atoms with Crippen LogP contribution in [0, 0.1) is 11.8 Å². The third kappa shape index (κ3) is 3.77. The van der Waals surface area contributed by atoms with Gasteiger partial charge >= 0.3 is 5.69 Å². The summed E-state index contributed by atoms with van der Waals surface area (Å²) in [6.07, 6.45) is 2.25. The number of carbonyl (C=O) groups is 1. The molecule has 0 bridgehead atoms. The third-order valence-corrected chi connectivity index (χ3v) is 5.93. The molecule has 1 fully saturated rings. The molecule has 1 aliphatic rings. The predicted octanol–water partition coefficient (Wildman–Crippen LogP) is 3.36. The van der Waals surface area contributed by atoms with Gasteiger partial charge in [-0.2, -0.15) is 0 Å². The number of benzene rings is 2. The molecule has 0 radical (unpaired) electrons. The van der Waals surface area contributed by atoms with Crippen LogP contribution in [0.3, 0.4) is 0 Å². The Morgan fingerprint density at radius 3 is 2.56 bits per heavy atom. The van der Waals surface area contributed by atoms with Crippen LogP contribution >= 0.6 is 0 Å². The quantitative estimate of drug-likeness (QED) is 0.478. The molecular formula is C26H23N5O3. The molecule has 0 aliphatic carbocycles. The van der Waals surface area contributed by atoms with Crippen LogP contribution in [0.5, 0.6) is 11.5 Å². The number of nitrogens with zero attached hydrogens (tertiary/aromatic N) is 4. The minimum atomic E-state index is -0.229. The Morgan fingerprint density at radius 2 is 1.82 bits per heavy atom. The zero-order chi connectivity index (χ0) is 23.7. The van der Waals surface area contributed by atoms with E-state index in [9.17, 15) is 9.59 Å². The van der Waals surface area contributed by atoms with Crippen LogP contribution in [-0.2, 0) is 4.79 Å². The van der Waals surface area contributed by atoms with Gasteiger partial charge in [-0.15, -0.1) is 0 Å². The van der Waals surface area contributed by atoms with E-state index in [2.05, 4.69) is 16.8 Å². The van der Waals surface area contributed by atoms with Gasteiger partial charge in [0, 0.05) is 19.3 Å². The SMILES string of the molecule is CC#CC(=O)N1CC[C@@H](n2c(=O)n(-c3ccc(Oc4ccccc4)cc3)c3c(N)nccc32)C1. The van der Waals surface area contributed by atoms with Crippen molar-refractivity contribution in [3.63, 3.8) is 0 Å². The molecule has 8 heteroatoms. The molecular weight excluding hydrogens is 430 g/mol. The van der Waals surface area contributed by atoms with Crippen molar-refractivity contribution in [3.8, 4) is 29.0 Å². The fraction of sp³-hybridized carbons (Fsp3) is 0.192. The Morgan fingerprint density at radius 1 is 1.09 bits per heavy atom. The lowest BCUT2D eigenvalue weighted by Crippen LogP contribution is -2.31. The molecule has 1 aliphatic heterocycles. The number of nitrogen functional groups attached to an aromatic ring is 1. The van der Waals surface area contributed by atoms with Crippen molar-refractivity contribution in [2.24, 2.45) is 0 Å². The summed E-state index contributed by atoms with van der Waals surface area (Å²) in [5, 5.41) is 0. The molecule has 170 valence electrons. The van der Waals surface area contributed by atoms with Gasteiger partial charge < -0.3 is 15.4 Å². The summed E-state index contributed by atoms with van der Waals surface area (Å²) in [7, 11) is 0. The van der Waals surface area contributed by atoms with Crippen LogP contribution in [0.4, 0.5) is 5.82 Å². The van der Waals surface area contributed by atoms with E-state index >= 15 is 0 Å². The summed E-state index contributed by atoms with van der Waals surface area (Å²) in [6, 6.07) is 18.3. The van der Waals surface area contributed by atoms with Crippen molar-refractivity contribution >= 4 is 22.8 Å². The summed E-state index contributed by atoms with van der Waals surface area (Å²) >= 11 is 0. The van der Waals surface area contributed by atoms with Crippen LogP contribution in [-0.4, -0.2) is 38.0 Å². The molecule has 3 heterocycles. The number of rotatable bonds is 4. The van der Waals surface area contributed by atoms with Crippen LogP contribution in [0.25, 0.3) is 16.7 Å². The fourth-order valence-electron chi connectivity index (χ4n) is 4.39. The molecule has 1 saturated heterocycles. The smallest absolute Gasteiger partial charge is 0.334 e. The van der Waals surface area contributed by atoms with Gasteiger partial charge in [-0.3, -0.25) is 13.9 Å². The van der Waals surface area contributed by atoms with Crippen molar-refractivity contribution in [2.45, 2.75) is 19.4 Å². The molecule has 4 aromatic rings. The number of anilines is 1. The number of imidazole rings is 1. The average Bonchev–Trinajstić information content (AvgIpc) is 3.43. The first-order valence-electron chi connectivity index (χ1n) is 11.0. The van der Waals surface area contributed by atoms with E-state index in [1.807, 2.05) is 54.6 Å². The molecule has 2 aromatic carbocycles. The maximum absolute atomic E-state index is 13.7. The first-order valence-corrected chi connectivity index (χ1v) is 11.0. The second kappa shape index (κ2) is 8.79. The standard InChI is InChI=1S/C26H23N5O3/c1-2-6-23(32)29-16-14-19(17-29)30-22-13-15-28-25(27)24(22)31(26(30)33)18-9-11-21(12-10-18)34-20-7-4-3-5-8-20/h3-5,7-13,15,19H,14,16-17H2,1H3,(H2,27,28)/t19-/m1/s1. The average molecular weight is 454 g/mol. The van der Waals surface area contributed by atoms with Gasteiger partial charge in [0.05, 0.1) is 17.2 Å². The number of ether oxygens (including phenoxy) is 1. The van der Waals surface area contributed by atoms with E-state index in [1.165, 1.54) is 0 Å². The summed E-state index contributed by atoms with van der Waals surface area (Å²) in [5.74, 6) is 6.64. The molecule has 1 atom stereocenters. The van der Waals surface area contributed by atoms with Gasteiger partial charge in [-0.05, 0) is 61.7 Å². The van der Waals surface area contributed by atoms with Crippen molar-refractivity contribution in [3.05, 3.63) is 77.3 Å². The second-order valence-corrected chi connectivity index (χ2v) is 8.03. The number of likely N-dealkylation sites (tertiary alicyclic amines) is 1. The Balaban J connectivity index is 1.54. The lowest BCUT2D eigenvalue weighted by Gasteiger charge is -2.14. The Kier molecular flexibility index (Phi) is 5.52. The Bertz CT molecular complexity index is 1480. The van der Waals surface area contributed by atoms with Crippen molar-refractivity contribution < 1.29 is 9.53 Å². The van der Waals surface area contributed by atoms with Crippen LogP contribution in [0.2, 0.25) is 0 Å². The highest BCUT2D eigenvalue weighted by atomic mass is 16.5. The minimum absolute atomic E-state index is 0.179. The van der Waals surface area contributed by atoms with Crippen LogP contribution < -0.4 is 16.2 Å². The van der Waals surface area contributed by atoms with Crippen LogP contribution in [0.15, 0.2) is 71.7 Å². The number of nitrogens with two attached hydrogens (primary N) is 1. The Labute approximate surface area is 196 Å². The van der Waals surface area contributed by atoms with Gasteiger partial charge in [-0.1, -0.05) is 24.1 Å². The molecule has 34 heavy (non-hydrogen) atoms. The minimum Gasteiger partial charge on any atom is -0.457 e. The predicted molar refractivity (Wildman–Crippen MR) is 130 cm³/mol. The highest BCUT2D eigenvalue weighted by Crippen LogP contribution is 2.29. The molecule has 2 aromatic heterocycles. The highest BCUT2D eigenvalue weighted by Gasteiger charge is 2.30. The van der Waals surface area contributed by atoms with Crippen molar-refractivity contribution in [2.75, 3.05) is 18.8 Å². The number of carbonyl (C=O) groups excluding carboxylic acids is 1. The van der Waals surface area contributed by atoms with Gasteiger partial charge in [0.15, 0.2) is 0 Å². The van der Waals surface area contributed by atoms with E-state index < -0.39 is 0 Å². The molecule has 0 spiro atoms. The summed E-state index contributed by atoms with van der Waals surface area (Å²) < 4.78 is 9.16. The number of fused-ring (bicyclic) bond motifs is 1. The molecule has 8 nitrogen and oxygen atoms in total. The molecule has 0 unspecified atom stereocenters. The lowest BCUT2D eigenvalue weighted by molar-refractivity contribution is -0.124. The summed E-state index contributed by atoms with van der Waals surface area (Å²) in [5.41, 5.74) is 7.88. The van der Waals surface area contributed by atoms with E-state index in [1.54, 1.807) is 33.2 Å². The highest BCUT2D eigenvalue weighted by molar-refractivity contribution is 5.93. The molecule has 1 amide bonds. The molecule has 5 rings (SSSR count). The number of hydrogen-bond donors (Lipinski definition) is 1. The largest absolute Gasteiger partial charge is 0.457 e. The van der Waals surface area contributed by atoms with E-state index in [0.29, 0.717) is 42.0 Å². The zero-order valence-electron chi connectivity index (χ0n) is 18.6. The van der Waals surface area contributed by atoms with E-state index in [4.69, 9.17) is 10.5 Å². The maximum atomic E-state index is 13.7. The monoisotopic (exact) mass is 453 g/mol. The topological polar surface area (TPSA) is 95.4 Å².